The molecule has 0 spiro atoms. The first kappa shape index (κ1) is 23.9. The largest absolute Gasteiger partial charge is 0.377 e. The zero-order valence-corrected chi connectivity index (χ0v) is 18.2. The number of sulfone groups is 1. The van der Waals surface area contributed by atoms with Gasteiger partial charge in [0.25, 0.3) is 0 Å². The summed E-state index contributed by atoms with van der Waals surface area (Å²) in [6, 6.07) is 0. The summed E-state index contributed by atoms with van der Waals surface area (Å²) in [5.74, 6) is 0.558. The van der Waals surface area contributed by atoms with Crippen molar-refractivity contribution in [3.63, 3.8) is 0 Å². The van der Waals surface area contributed by atoms with E-state index in [-0.39, 0.29) is 11.9 Å². The molecule has 0 aromatic carbocycles. The lowest BCUT2D eigenvalue weighted by molar-refractivity contribution is 0.0680. The van der Waals surface area contributed by atoms with Crippen molar-refractivity contribution < 1.29 is 13.2 Å². The van der Waals surface area contributed by atoms with Crippen molar-refractivity contribution in [3.8, 4) is 0 Å². The fraction of sp³-hybridized carbons (Fsp3) is 1.00. The summed E-state index contributed by atoms with van der Waals surface area (Å²) < 4.78 is 28.4. The van der Waals surface area contributed by atoms with Gasteiger partial charge >= 0.3 is 0 Å². The van der Waals surface area contributed by atoms with Crippen LogP contribution in [0.3, 0.4) is 0 Å². The van der Waals surface area contributed by atoms with Gasteiger partial charge in [0.15, 0.2) is 9.84 Å². The van der Waals surface area contributed by atoms with E-state index in [1.807, 2.05) is 0 Å². The summed E-state index contributed by atoms with van der Waals surface area (Å²) in [5, 5.41) is 0. The molecule has 1 heterocycles. The first-order valence-electron chi connectivity index (χ1n) is 11.5. The van der Waals surface area contributed by atoms with Crippen molar-refractivity contribution in [1.29, 1.82) is 0 Å². The average molecular weight is 389 g/mol. The average Bonchev–Trinajstić information content (AvgIpc) is 2.96. The monoisotopic (exact) mass is 388 g/mol. The summed E-state index contributed by atoms with van der Waals surface area (Å²) >= 11 is 0. The highest BCUT2D eigenvalue weighted by atomic mass is 32.2. The number of unbranched alkanes of at least 4 members (excludes halogenated alkanes) is 15. The summed E-state index contributed by atoms with van der Waals surface area (Å²) in [6.07, 6.45) is 22.6. The fourth-order valence-corrected chi connectivity index (χ4v) is 5.41. The van der Waals surface area contributed by atoms with Gasteiger partial charge in [0.05, 0.1) is 17.6 Å². The number of rotatable bonds is 18. The Hall–Kier alpha value is -0.0900. The summed E-state index contributed by atoms with van der Waals surface area (Å²) in [4.78, 5) is 0. The third-order valence-electron chi connectivity index (χ3n) is 5.54. The summed E-state index contributed by atoms with van der Waals surface area (Å²) in [7, 11) is -2.79. The molecule has 1 rings (SSSR count). The quantitative estimate of drug-likeness (QED) is 0.253. The van der Waals surface area contributed by atoms with Crippen molar-refractivity contribution in [2.24, 2.45) is 0 Å². The van der Waals surface area contributed by atoms with Gasteiger partial charge in [0, 0.05) is 6.61 Å². The second kappa shape index (κ2) is 15.9. The van der Waals surface area contributed by atoms with Crippen LogP contribution in [0, 0.1) is 0 Å². The molecule has 0 bridgehead atoms. The van der Waals surface area contributed by atoms with E-state index in [1.54, 1.807) is 0 Å². The lowest BCUT2D eigenvalue weighted by Crippen LogP contribution is -2.15. The zero-order valence-electron chi connectivity index (χ0n) is 17.4. The first-order valence-corrected chi connectivity index (χ1v) is 13.3. The molecule has 0 aromatic heterocycles. The third-order valence-corrected chi connectivity index (χ3v) is 7.28. The minimum Gasteiger partial charge on any atom is -0.377 e. The third kappa shape index (κ3) is 14.0. The van der Waals surface area contributed by atoms with Gasteiger partial charge in [-0.05, 0) is 12.8 Å². The molecule has 4 heteroatoms. The molecule has 0 amide bonds. The van der Waals surface area contributed by atoms with Gasteiger partial charge in [-0.2, -0.15) is 0 Å². The minimum absolute atomic E-state index is 0.0312. The Kier molecular flexibility index (Phi) is 14.7. The molecule has 3 nitrogen and oxygen atoms in total. The highest BCUT2D eigenvalue weighted by Crippen LogP contribution is 2.16. The standard InChI is InChI=1S/C22H44O3S/c1-2-3-4-5-6-7-8-9-10-11-12-13-14-15-16-17-19-25-22-18-20-26(23,24)21-22/h22H,2-21H2,1H3/t22-/m0/s1. The predicted molar refractivity (Wildman–Crippen MR) is 113 cm³/mol. The molecular formula is C22H44O3S. The maximum Gasteiger partial charge on any atom is 0.152 e. The number of hydrogen-bond donors (Lipinski definition) is 0. The molecule has 26 heavy (non-hydrogen) atoms. The van der Waals surface area contributed by atoms with Crippen LogP contribution in [0.25, 0.3) is 0 Å². The predicted octanol–water partition coefficient (Wildman–Crippen LogP) is 6.45. The SMILES string of the molecule is CCCCCCCCCCCCCCCCCCO[C@H]1CCS(=O)(=O)C1. The van der Waals surface area contributed by atoms with Gasteiger partial charge in [-0.25, -0.2) is 8.42 Å². The summed E-state index contributed by atoms with van der Waals surface area (Å²) in [5.41, 5.74) is 0. The Labute approximate surface area is 163 Å². The van der Waals surface area contributed by atoms with E-state index in [2.05, 4.69) is 6.92 Å². The normalized spacial score (nSPS) is 19.2. The maximum atomic E-state index is 11.3. The molecule has 0 aliphatic carbocycles. The number of hydrogen-bond acceptors (Lipinski definition) is 3. The molecule has 1 atom stereocenters. The van der Waals surface area contributed by atoms with Crippen LogP contribution in [0.15, 0.2) is 0 Å². The van der Waals surface area contributed by atoms with Gasteiger partial charge in [0.1, 0.15) is 0 Å². The van der Waals surface area contributed by atoms with E-state index in [9.17, 15) is 8.42 Å². The molecule has 0 unspecified atom stereocenters. The minimum atomic E-state index is -2.79. The smallest absolute Gasteiger partial charge is 0.152 e. The van der Waals surface area contributed by atoms with Crippen molar-refractivity contribution in [2.75, 3.05) is 18.1 Å². The van der Waals surface area contributed by atoms with E-state index in [4.69, 9.17) is 4.74 Å². The molecule has 0 saturated carbocycles. The van der Waals surface area contributed by atoms with Crippen molar-refractivity contribution in [1.82, 2.24) is 0 Å². The molecule has 0 radical (unpaired) electrons. The highest BCUT2D eigenvalue weighted by molar-refractivity contribution is 7.91. The van der Waals surface area contributed by atoms with Gasteiger partial charge in [-0.3, -0.25) is 0 Å². The van der Waals surface area contributed by atoms with Gasteiger partial charge in [-0.15, -0.1) is 0 Å². The van der Waals surface area contributed by atoms with Crippen molar-refractivity contribution >= 4 is 9.84 Å². The Morgan fingerprint density at radius 3 is 1.50 bits per heavy atom. The van der Waals surface area contributed by atoms with Crippen LogP contribution in [0.4, 0.5) is 0 Å². The van der Waals surface area contributed by atoms with Gasteiger partial charge in [-0.1, -0.05) is 103 Å². The Bertz CT molecular complexity index is 406. The summed E-state index contributed by atoms with van der Waals surface area (Å²) in [6.45, 7) is 3.01. The highest BCUT2D eigenvalue weighted by Gasteiger charge is 2.28. The maximum absolute atomic E-state index is 11.3. The van der Waals surface area contributed by atoms with Crippen LogP contribution in [0.5, 0.6) is 0 Å². The van der Waals surface area contributed by atoms with Gasteiger partial charge in [0.2, 0.25) is 0 Å². The van der Waals surface area contributed by atoms with E-state index >= 15 is 0 Å². The second-order valence-electron chi connectivity index (χ2n) is 8.20. The zero-order chi connectivity index (χ0) is 18.9. The Morgan fingerprint density at radius 1 is 0.692 bits per heavy atom. The Morgan fingerprint density at radius 2 is 1.12 bits per heavy atom. The Balaban J connectivity index is 1.70. The molecule has 0 N–H and O–H groups in total. The first-order chi connectivity index (χ1) is 12.6. The number of ether oxygens (including phenoxy) is 1. The molecule has 1 saturated heterocycles. The van der Waals surface area contributed by atoms with E-state index in [1.165, 1.54) is 96.3 Å². The fourth-order valence-electron chi connectivity index (χ4n) is 3.79. The van der Waals surface area contributed by atoms with Crippen molar-refractivity contribution in [2.45, 2.75) is 122 Å². The van der Waals surface area contributed by atoms with Gasteiger partial charge < -0.3 is 4.74 Å². The topological polar surface area (TPSA) is 43.4 Å². The van der Waals surface area contributed by atoms with Crippen LogP contribution >= 0.6 is 0 Å². The molecular weight excluding hydrogens is 344 g/mol. The van der Waals surface area contributed by atoms with Crippen LogP contribution in [0.1, 0.15) is 116 Å². The lowest BCUT2D eigenvalue weighted by Gasteiger charge is -2.09. The van der Waals surface area contributed by atoms with Crippen molar-refractivity contribution in [3.05, 3.63) is 0 Å². The van der Waals surface area contributed by atoms with E-state index in [0.29, 0.717) is 12.2 Å². The lowest BCUT2D eigenvalue weighted by atomic mass is 10.0. The molecule has 0 aromatic rings. The molecule has 1 aliphatic rings. The molecule has 156 valence electrons. The second-order valence-corrected chi connectivity index (χ2v) is 10.4. The van der Waals surface area contributed by atoms with Crippen LogP contribution in [0.2, 0.25) is 0 Å². The van der Waals surface area contributed by atoms with E-state index in [0.717, 1.165) is 13.0 Å². The molecule has 1 fully saturated rings. The van der Waals surface area contributed by atoms with Crippen LogP contribution < -0.4 is 0 Å². The molecule has 1 aliphatic heterocycles. The van der Waals surface area contributed by atoms with Crippen LogP contribution in [-0.4, -0.2) is 32.6 Å². The van der Waals surface area contributed by atoms with E-state index < -0.39 is 9.84 Å². The van der Waals surface area contributed by atoms with Crippen LogP contribution in [-0.2, 0) is 14.6 Å².